The number of ether oxygens (including phenoxy) is 2. The molecule has 1 aliphatic carbocycles. The van der Waals surface area contributed by atoms with Crippen molar-refractivity contribution in [3.63, 3.8) is 0 Å². The zero-order valence-electron chi connectivity index (χ0n) is 13.4. The highest BCUT2D eigenvalue weighted by Gasteiger charge is 2.36. The lowest BCUT2D eigenvalue weighted by atomic mass is 9.88. The summed E-state index contributed by atoms with van der Waals surface area (Å²) in [4.78, 5) is 0. The molecule has 0 spiro atoms. The molecule has 4 rings (SSSR count). The Morgan fingerprint density at radius 3 is 2.50 bits per heavy atom. The van der Waals surface area contributed by atoms with Crippen LogP contribution in [0.1, 0.15) is 31.2 Å². The summed E-state index contributed by atoms with van der Waals surface area (Å²) in [6, 6.07) is 16.4. The Kier molecular flexibility index (Phi) is 4.02. The number of anilines is 1. The average Bonchev–Trinajstić information content (AvgIpc) is 3.25. The van der Waals surface area contributed by atoms with Crippen LogP contribution in [0, 0.1) is 0 Å². The first-order valence-corrected chi connectivity index (χ1v) is 8.70. The van der Waals surface area contributed by atoms with E-state index >= 15 is 0 Å². The van der Waals surface area contributed by atoms with Gasteiger partial charge in [0, 0.05) is 11.8 Å². The maximum atomic E-state index is 5.58. The van der Waals surface area contributed by atoms with Crippen LogP contribution in [0.2, 0.25) is 0 Å². The molecule has 5 heteroatoms. The van der Waals surface area contributed by atoms with Crippen LogP contribution >= 0.6 is 12.2 Å². The van der Waals surface area contributed by atoms with Crippen LogP contribution < -0.4 is 20.1 Å². The van der Waals surface area contributed by atoms with E-state index in [1.807, 2.05) is 18.2 Å². The van der Waals surface area contributed by atoms with E-state index < -0.39 is 0 Å². The van der Waals surface area contributed by atoms with E-state index in [-0.39, 0.29) is 12.3 Å². The number of hydrogen-bond donors (Lipinski definition) is 2. The van der Waals surface area contributed by atoms with Gasteiger partial charge in [0.15, 0.2) is 16.6 Å². The van der Waals surface area contributed by atoms with Crippen molar-refractivity contribution in [3.05, 3.63) is 54.1 Å². The summed E-state index contributed by atoms with van der Waals surface area (Å²) in [5, 5.41) is 7.49. The smallest absolute Gasteiger partial charge is 0.231 e. The Morgan fingerprint density at radius 2 is 1.71 bits per heavy atom. The lowest BCUT2D eigenvalue weighted by Gasteiger charge is -2.32. The van der Waals surface area contributed by atoms with Gasteiger partial charge in [-0.15, -0.1) is 0 Å². The summed E-state index contributed by atoms with van der Waals surface area (Å²) in [5.41, 5.74) is 2.14. The third kappa shape index (κ3) is 2.91. The van der Waals surface area contributed by atoms with Crippen LogP contribution in [0.5, 0.6) is 11.5 Å². The molecule has 0 unspecified atom stereocenters. The van der Waals surface area contributed by atoms with Crippen molar-refractivity contribution < 1.29 is 9.47 Å². The van der Waals surface area contributed by atoms with E-state index in [0.717, 1.165) is 30.0 Å². The van der Waals surface area contributed by atoms with E-state index in [4.69, 9.17) is 21.7 Å². The zero-order valence-corrected chi connectivity index (χ0v) is 14.2. The molecule has 0 bridgehead atoms. The van der Waals surface area contributed by atoms with Gasteiger partial charge < -0.3 is 20.1 Å². The number of rotatable bonds is 3. The third-order valence-electron chi connectivity index (χ3n) is 4.77. The molecule has 1 saturated carbocycles. The van der Waals surface area contributed by atoms with Crippen LogP contribution in [0.25, 0.3) is 0 Å². The molecule has 1 aliphatic heterocycles. The van der Waals surface area contributed by atoms with Gasteiger partial charge in [-0.2, -0.15) is 0 Å². The summed E-state index contributed by atoms with van der Waals surface area (Å²) < 4.78 is 10.8. The normalized spacial score (nSPS) is 17.5. The maximum Gasteiger partial charge on any atom is 0.231 e. The van der Waals surface area contributed by atoms with E-state index in [1.165, 1.54) is 18.4 Å². The Balaban J connectivity index is 1.50. The van der Waals surface area contributed by atoms with E-state index in [2.05, 4.69) is 41.0 Å². The lowest BCUT2D eigenvalue weighted by molar-refractivity contribution is 0.174. The van der Waals surface area contributed by atoms with Gasteiger partial charge in [-0.05, 0) is 42.8 Å². The molecule has 2 aliphatic rings. The van der Waals surface area contributed by atoms with Gasteiger partial charge >= 0.3 is 0 Å². The number of hydrogen-bond acceptors (Lipinski definition) is 3. The monoisotopic (exact) mass is 340 g/mol. The van der Waals surface area contributed by atoms with Gasteiger partial charge in [0.25, 0.3) is 0 Å². The van der Waals surface area contributed by atoms with Crippen molar-refractivity contribution in [3.8, 4) is 11.5 Å². The molecule has 24 heavy (non-hydrogen) atoms. The zero-order chi connectivity index (χ0) is 16.4. The van der Waals surface area contributed by atoms with Crippen molar-refractivity contribution in [1.29, 1.82) is 0 Å². The average molecular weight is 340 g/mol. The number of benzene rings is 2. The van der Waals surface area contributed by atoms with Crippen LogP contribution in [-0.4, -0.2) is 11.9 Å². The fourth-order valence-electron chi connectivity index (χ4n) is 3.58. The topological polar surface area (TPSA) is 42.5 Å². The van der Waals surface area contributed by atoms with Crippen LogP contribution in [0.4, 0.5) is 5.69 Å². The van der Waals surface area contributed by atoms with Gasteiger partial charge in [-0.25, -0.2) is 0 Å². The molecule has 2 aromatic carbocycles. The van der Waals surface area contributed by atoms with Gasteiger partial charge in [0.2, 0.25) is 6.79 Å². The van der Waals surface area contributed by atoms with E-state index in [9.17, 15) is 0 Å². The Labute approximate surface area is 147 Å². The number of thiocarbonyl (C=S) groups is 1. The molecule has 124 valence electrons. The highest BCUT2D eigenvalue weighted by atomic mass is 32.1. The molecule has 0 atom stereocenters. The SMILES string of the molecule is S=C(Nc1ccc2c(c1)OCO2)NC1(c2ccccc2)CCCC1. The van der Waals surface area contributed by atoms with E-state index in [0.29, 0.717) is 5.11 Å². The summed E-state index contributed by atoms with van der Waals surface area (Å²) >= 11 is 5.58. The van der Waals surface area contributed by atoms with Crippen molar-refractivity contribution in [2.24, 2.45) is 0 Å². The van der Waals surface area contributed by atoms with Gasteiger partial charge in [0.1, 0.15) is 0 Å². The molecule has 2 N–H and O–H groups in total. The van der Waals surface area contributed by atoms with Crippen molar-refractivity contribution >= 4 is 23.0 Å². The molecular formula is C19H20N2O2S. The first-order chi connectivity index (χ1) is 11.8. The molecule has 0 amide bonds. The lowest BCUT2D eigenvalue weighted by Crippen LogP contribution is -2.45. The first kappa shape index (κ1) is 15.3. The van der Waals surface area contributed by atoms with Crippen LogP contribution in [0.15, 0.2) is 48.5 Å². The minimum Gasteiger partial charge on any atom is -0.454 e. The summed E-state index contributed by atoms with van der Waals surface area (Å²) in [7, 11) is 0. The second-order valence-electron chi connectivity index (χ2n) is 6.30. The van der Waals surface area contributed by atoms with Crippen molar-refractivity contribution in [2.45, 2.75) is 31.2 Å². The standard InChI is InChI=1S/C19H20N2O2S/c24-18(20-15-8-9-16-17(12-15)23-13-22-16)21-19(10-4-5-11-19)14-6-2-1-3-7-14/h1-3,6-9,12H,4-5,10-11,13H2,(H2,20,21,24). The largest absolute Gasteiger partial charge is 0.454 e. The fraction of sp³-hybridized carbons (Fsp3) is 0.316. The summed E-state index contributed by atoms with van der Waals surface area (Å²) in [6.45, 7) is 0.276. The summed E-state index contributed by atoms with van der Waals surface area (Å²) in [6.07, 6.45) is 4.63. The fourth-order valence-corrected chi connectivity index (χ4v) is 3.89. The number of nitrogens with one attached hydrogen (secondary N) is 2. The predicted octanol–water partition coefficient (Wildman–Crippen LogP) is 4.17. The highest BCUT2D eigenvalue weighted by Crippen LogP contribution is 2.39. The van der Waals surface area contributed by atoms with E-state index in [1.54, 1.807) is 0 Å². The van der Waals surface area contributed by atoms with Gasteiger partial charge in [0.05, 0.1) is 5.54 Å². The molecule has 4 nitrogen and oxygen atoms in total. The Hall–Kier alpha value is -2.27. The molecule has 1 heterocycles. The minimum atomic E-state index is -0.0678. The van der Waals surface area contributed by atoms with Crippen LogP contribution in [0.3, 0.4) is 0 Å². The van der Waals surface area contributed by atoms with Crippen LogP contribution in [-0.2, 0) is 5.54 Å². The first-order valence-electron chi connectivity index (χ1n) is 8.30. The summed E-state index contributed by atoms with van der Waals surface area (Å²) in [5.74, 6) is 1.53. The highest BCUT2D eigenvalue weighted by molar-refractivity contribution is 7.80. The predicted molar refractivity (Wildman–Crippen MR) is 98.5 cm³/mol. The second kappa shape index (κ2) is 6.32. The van der Waals surface area contributed by atoms with Crippen molar-refractivity contribution in [2.75, 3.05) is 12.1 Å². The Bertz CT molecular complexity index is 742. The van der Waals surface area contributed by atoms with Gasteiger partial charge in [-0.3, -0.25) is 0 Å². The maximum absolute atomic E-state index is 5.58. The number of fused-ring (bicyclic) bond motifs is 1. The molecule has 0 radical (unpaired) electrons. The Morgan fingerprint density at radius 1 is 0.958 bits per heavy atom. The molecular weight excluding hydrogens is 320 g/mol. The van der Waals surface area contributed by atoms with Gasteiger partial charge in [-0.1, -0.05) is 43.2 Å². The van der Waals surface area contributed by atoms with Crippen molar-refractivity contribution in [1.82, 2.24) is 5.32 Å². The quantitative estimate of drug-likeness (QED) is 0.821. The molecule has 0 saturated heterocycles. The molecule has 2 aromatic rings. The third-order valence-corrected chi connectivity index (χ3v) is 4.97. The molecule has 0 aromatic heterocycles. The second-order valence-corrected chi connectivity index (χ2v) is 6.71. The minimum absolute atomic E-state index is 0.0678. The molecule has 1 fully saturated rings.